The molecule has 5 heterocycles. The number of aromatic nitrogens is 2. The summed E-state index contributed by atoms with van der Waals surface area (Å²) in [5, 5.41) is 26.5. The summed E-state index contributed by atoms with van der Waals surface area (Å²) in [6, 6.07) is 2.61. The molecule has 0 bridgehead atoms. The predicted molar refractivity (Wildman–Crippen MR) is 121 cm³/mol. The van der Waals surface area contributed by atoms with Crippen LogP contribution >= 0.6 is 23.1 Å². The van der Waals surface area contributed by atoms with Gasteiger partial charge >= 0.3 is 5.97 Å². The van der Waals surface area contributed by atoms with Gasteiger partial charge in [-0.05, 0) is 6.07 Å². The van der Waals surface area contributed by atoms with Crippen LogP contribution in [0, 0.1) is 0 Å². The molecule has 2 atom stereocenters. The van der Waals surface area contributed by atoms with E-state index in [2.05, 4.69) is 15.5 Å². The summed E-state index contributed by atoms with van der Waals surface area (Å²) < 4.78 is 7.15. The molecule has 2 amide bonds. The third-order valence-corrected chi connectivity index (χ3v) is 7.45. The Balaban J connectivity index is 1.35. The number of carbonyl (C=O) groups excluding carboxylic acids is 2. The number of β-lactam (4-membered cyclic amide) rings is 1. The number of nitrogens with two attached hydrogens (primary N) is 1. The molecular weight excluding hydrogens is 484 g/mol. The third-order valence-electron chi connectivity index (χ3n) is 5.44. The average Bonchev–Trinajstić information content (AvgIpc) is 3.46. The van der Waals surface area contributed by atoms with E-state index in [-0.39, 0.29) is 28.8 Å². The molecule has 1 saturated heterocycles. The summed E-state index contributed by atoms with van der Waals surface area (Å²) in [5.74, 6) is -2.26. The van der Waals surface area contributed by atoms with E-state index in [9.17, 15) is 24.7 Å². The van der Waals surface area contributed by atoms with Crippen molar-refractivity contribution in [3.05, 3.63) is 53.1 Å². The Kier molecular flexibility index (Phi) is 5.45. The van der Waals surface area contributed by atoms with Gasteiger partial charge in [0.2, 0.25) is 0 Å². The van der Waals surface area contributed by atoms with Crippen molar-refractivity contribution in [3.8, 4) is 0 Å². The number of oxime groups is 1. The summed E-state index contributed by atoms with van der Waals surface area (Å²) in [6.07, 6.45) is 5.18. The maximum atomic E-state index is 12.9. The van der Waals surface area contributed by atoms with Gasteiger partial charge in [0, 0.05) is 22.8 Å². The second kappa shape index (κ2) is 8.46. The Morgan fingerprint density at radius 3 is 2.94 bits per heavy atom. The standard InChI is InChI=1S/C20H16N6O6S2/c21-20-22-11(8-34-20)13(24-31)16(27)23-14-17(28)26-15(19(29)30)10(7-33-18(14)26)6-25-3-1-12-9(5-25)2-4-32-12/h1-5,8,14,18H,6-7H2,(H4-,21,22,23,27,29,30,31)/p+1/t14?,18-/m1/s1. The van der Waals surface area contributed by atoms with Gasteiger partial charge in [0.1, 0.15) is 28.4 Å². The summed E-state index contributed by atoms with van der Waals surface area (Å²) >= 11 is 2.41. The van der Waals surface area contributed by atoms with Gasteiger partial charge < -0.3 is 25.8 Å². The third kappa shape index (κ3) is 3.66. The first-order valence-electron chi connectivity index (χ1n) is 9.88. The van der Waals surface area contributed by atoms with Gasteiger partial charge in [-0.25, -0.2) is 14.3 Å². The Bertz CT molecular complexity index is 1390. The molecule has 34 heavy (non-hydrogen) atoms. The van der Waals surface area contributed by atoms with Crippen LogP contribution in [0.15, 0.2) is 57.0 Å². The highest BCUT2D eigenvalue weighted by Crippen LogP contribution is 2.40. The highest BCUT2D eigenvalue weighted by atomic mass is 32.2. The minimum absolute atomic E-state index is 0.0717. The number of nitrogen functional groups attached to an aromatic ring is 1. The molecule has 174 valence electrons. The molecular formula is C20H17N6O6S2+. The largest absolute Gasteiger partial charge is 0.477 e. The summed E-state index contributed by atoms with van der Waals surface area (Å²) in [4.78, 5) is 42.7. The molecule has 12 nitrogen and oxygen atoms in total. The Labute approximate surface area is 199 Å². The maximum Gasteiger partial charge on any atom is 0.352 e. The van der Waals surface area contributed by atoms with Gasteiger partial charge in [0.25, 0.3) is 11.8 Å². The van der Waals surface area contributed by atoms with Gasteiger partial charge in [-0.15, -0.1) is 23.1 Å². The van der Waals surface area contributed by atoms with Crippen LogP contribution in [0.1, 0.15) is 5.69 Å². The van der Waals surface area contributed by atoms with Crippen molar-refractivity contribution < 1.29 is 33.7 Å². The van der Waals surface area contributed by atoms with Gasteiger partial charge in [-0.2, -0.15) is 0 Å². The number of nitrogens with zero attached hydrogens (tertiary/aromatic N) is 4. The Hall–Kier alpha value is -3.91. The SMILES string of the molecule is Nc1nc(C(=NO)C(=O)NC2C(=O)N3C(C(=O)O)=C(C[n+]4ccc5occc5c4)CS[C@H]23)cs1. The van der Waals surface area contributed by atoms with E-state index in [1.54, 1.807) is 24.6 Å². The number of anilines is 1. The van der Waals surface area contributed by atoms with Crippen LogP contribution in [0.5, 0.6) is 0 Å². The number of thiazole rings is 1. The number of fused-ring (bicyclic) bond motifs is 2. The number of hydrogen-bond donors (Lipinski definition) is 4. The van der Waals surface area contributed by atoms with E-state index >= 15 is 0 Å². The number of rotatable bonds is 6. The number of pyridine rings is 1. The van der Waals surface area contributed by atoms with Crippen LogP contribution in [0.4, 0.5) is 5.13 Å². The molecule has 1 unspecified atom stereocenters. The molecule has 0 aromatic carbocycles. The molecule has 1 fully saturated rings. The van der Waals surface area contributed by atoms with Gasteiger partial charge in [-0.1, -0.05) is 5.16 Å². The van der Waals surface area contributed by atoms with E-state index < -0.39 is 29.2 Å². The zero-order valence-electron chi connectivity index (χ0n) is 17.2. The number of furan rings is 1. The van der Waals surface area contributed by atoms with Gasteiger partial charge in [-0.3, -0.25) is 14.5 Å². The van der Waals surface area contributed by atoms with E-state index in [4.69, 9.17) is 10.2 Å². The molecule has 5 N–H and O–H groups in total. The molecule has 5 rings (SSSR count). The lowest BCUT2D eigenvalue weighted by atomic mass is 10.0. The maximum absolute atomic E-state index is 12.9. The molecule has 0 spiro atoms. The van der Waals surface area contributed by atoms with Crippen molar-refractivity contribution in [1.82, 2.24) is 15.2 Å². The molecule has 0 aliphatic carbocycles. The van der Waals surface area contributed by atoms with E-state index in [0.29, 0.717) is 16.9 Å². The minimum atomic E-state index is -1.22. The molecule has 2 aliphatic heterocycles. The number of aliphatic carboxylic acids is 1. The molecule has 3 aromatic rings. The fourth-order valence-corrected chi connectivity index (χ4v) is 5.78. The number of carbonyl (C=O) groups is 3. The van der Waals surface area contributed by atoms with E-state index in [1.807, 2.05) is 10.8 Å². The lowest BCUT2D eigenvalue weighted by Gasteiger charge is -2.49. The van der Waals surface area contributed by atoms with Crippen molar-refractivity contribution >= 4 is 62.7 Å². The fraction of sp³-hybridized carbons (Fsp3) is 0.200. The number of carboxylic acid groups (broad SMARTS) is 1. The molecule has 14 heteroatoms. The van der Waals surface area contributed by atoms with E-state index in [0.717, 1.165) is 16.7 Å². The smallest absolute Gasteiger partial charge is 0.352 e. The lowest BCUT2D eigenvalue weighted by molar-refractivity contribution is -0.687. The van der Waals surface area contributed by atoms with Crippen molar-refractivity contribution in [1.29, 1.82) is 0 Å². The second-order valence-electron chi connectivity index (χ2n) is 7.50. The molecule has 0 saturated carbocycles. The van der Waals surface area contributed by atoms with Crippen LogP contribution in [0.2, 0.25) is 0 Å². The number of nitrogens with one attached hydrogen (secondary N) is 1. The zero-order valence-corrected chi connectivity index (χ0v) is 18.9. The number of amides is 2. The fourth-order valence-electron chi connectivity index (χ4n) is 3.90. The highest BCUT2D eigenvalue weighted by molar-refractivity contribution is 8.00. The normalized spacial score (nSPS) is 20.3. The monoisotopic (exact) mass is 501 g/mol. The van der Waals surface area contributed by atoms with Gasteiger partial charge in [0.15, 0.2) is 29.8 Å². The van der Waals surface area contributed by atoms with Gasteiger partial charge in [0.05, 0.1) is 11.6 Å². The Morgan fingerprint density at radius 1 is 1.41 bits per heavy atom. The van der Waals surface area contributed by atoms with Crippen LogP contribution < -0.4 is 15.6 Å². The number of carboxylic acids is 1. The molecule has 3 aromatic heterocycles. The zero-order chi connectivity index (χ0) is 24.0. The first kappa shape index (κ1) is 21.9. The highest BCUT2D eigenvalue weighted by Gasteiger charge is 2.54. The van der Waals surface area contributed by atoms with Crippen molar-refractivity contribution in [3.63, 3.8) is 0 Å². The van der Waals surface area contributed by atoms with Crippen LogP contribution in [-0.2, 0) is 20.9 Å². The lowest BCUT2D eigenvalue weighted by Crippen LogP contribution is -2.71. The first-order valence-corrected chi connectivity index (χ1v) is 11.8. The van der Waals surface area contributed by atoms with E-state index in [1.165, 1.54) is 22.0 Å². The van der Waals surface area contributed by atoms with Crippen molar-refractivity contribution in [2.75, 3.05) is 11.5 Å². The van der Waals surface area contributed by atoms with Crippen LogP contribution in [-0.4, -0.2) is 60.9 Å². The van der Waals surface area contributed by atoms with Crippen molar-refractivity contribution in [2.24, 2.45) is 5.16 Å². The summed E-state index contributed by atoms with van der Waals surface area (Å²) in [6.45, 7) is 0.274. The number of hydrogen-bond acceptors (Lipinski definition) is 10. The quantitative estimate of drug-likeness (QED) is 0.122. The van der Waals surface area contributed by atoms with Crippen LogP contribution in [0.25, 0.3) is 11.0 Å². The average molecular weight is 502 g/mol. The van der Waals surface area contributed by atoms with Crippen LogP contribution in [0.3, 0.4) is 0 Å². The number of thioether (sulfide) groups is 1. The summed E-state index contributed by atoms with van der Waals surface area (Å²) in [7, 11) is 0. The first-order chi connectivity index (χ1) is 16.4. The predicted octanol–water partition coefficient (Wildman–Crippen LogP) is 0.376. The molecule has 0 radical (unpaired) electrons. The molecule has 2 aliphatic rings. The topological polar surface area (TPSA) is 175 Å². The summed E-state index contributed by atoms with van der Waals surface area (Å²) in [5.41, 5.74) is 6.43. The second-order valence-corrected chi connectivity index (χ2v) is 9.49. The minimum Gasteiger partial charge on any atom is -0.477 e. The van der Waals surface area contributed by atoms with Crippen molar-refractivity contribution in [2.45, 2.75) is 18.0 Å². The Morgan fingerprint density at radius 2 is 2.24 bits per heavy atom.